The van der Waals surface area contributed by atoms with E-state index in [1.807, 2.05) is 0 Å². The summed E-state index contributed by atoms with van der Waals surface area (Å²) in [6.45, 7) is 0. The first kappa shape index (κ1) is 13.9. The molecule has 1 aromatic heterocycles. The second-order valence-electron chi connectivity index (χ2n) is 5.26. The maximum atomic E-state index is 11.7. The Morgan fingerprint density at radius 2 is 2.00 bits per heavy atom. The fourth-order valence-corrected chi connectivity index (χ4v) is 4.00. The molecule has 0 aliphatic carbocycles. The Bertz CT molecular complexity index is 830. The molecule has 112 valence electrons. The Morgan fingerprint density at radius 3 is 2.71 bits per heavy atom. The molecule has 4 N–H and O–H groups in total. The van der Waals surface area contributed by atoms with Crippen LogP contribution in [0.15, 0.2) is 23.3 Å². The Labute approximate surface area is 121 Å². The molecule has 3 rings (SSSR count). The van der Waals surface area contributed by atoms with Crippen LogP contribution in [0.2, 0.25) is 0 Å². The van der Waals surface area contributed by atoms with Gasteiger partial charge in [0, 0.05) is 6.04 Å². The predicted molar refractivity (Wildman–Crippen MR) is 82.1 cm³/mol. The largest absolute Gasteiger partial charge is 0.397 e. The molecule has 0 radical (unpaired) electrons. The molecule has 7 nitrogen and oxygen atoms in total. The molecule has 8 heteroatoms. The molecule has 0 saturated carbocycles. The number of aromatic amines is 1. The zero-order chi connectivity index (χ0) is 15.0. The highest BCUT2D eigenvalue weighted by molar-refractivity contribution is 7.91. The van der Waals surface area contributed by atoms with Gasteiger partial charge in [0.1, 0.15) is 9.84 Å². The van der Waals surface area contributed by atoms with E-state index >= 15 is 0 Å². The molecular formula is C13H16N4O3S. The maximum absolute atomic E-state index is 11.7. The van der Waals surface area contributed by atoms with Gasteiger partial charge >= 0.3 is 0 Å². The van der Waals surface area contributed by atoms with Gasteiger partial charge in [-0.05, 0) is 25.0 Å². The molecule has 1 saturated heterocycles. The van der Waals surface area contributed by atoms with Crippen LogP contribution in [0.4, 0.5) is 11.4 Å². The molecule has 1 aromatic carbocycles. The number of H-pyrrole nitrogens is 1. The van der Waals surface area contributed by atoms with Gasteiger partial charge in [0.2, 0.25) is 0 Å². The average molecular weight is 308 g/mol. The lowest BCUT2D eigenvalue weighted by Crippen LogP contribution is -2.32. The predicted octanol–water partition coefficient (Wildman–Crippen LogP) is 0.494. The molecule has 0 amide bonds. The van der Waals surface area contributed by atoms with Crippen molar-refractivity contribution < 1.29 is 8.42 Å². The summed E-state index contributed by atoms with van der Waals surface area (Å²) in [6.07, 6.45) is 2.46. The summed E-state index contributed by atoms with van der Waals surface area (Å²) in [5.74, 6) is 0.381. The first-order chi connectivity index (χ1) is 9.94. The number of hydrogen-bond acceptors (Lipinski definition) is 6. The number of hydrogen-bond donors (Lipinski definition) is 3. The van der Waals surface area contributed by atoms with Gasteiger partial charge in [-0.2, -0.15) is 0 Å². The standard InChI is InChI=1S/C13H16N4O3S/c14-10-5-9-11(15-7-16-13(9)18)6-12(10)17-8-1-3-21(19,20)4-2-8/h5-8,17H,1-4,14H2,(H,15,16,18). The van der Waals surface area contributed by atoms with Crippen molar-refractivity contribution in [2.45, 2.75) is 18.9 Å². The van der Waals surface area contributed by atoms with Crippen LogP contribution in [0, 0.1) is 0 Å². The third kappa shape index (κ3) is 2.85. The number of nitrogen functional groups attached to an aromatic ring is 1. The van der Waals surface area contributed by atoms with Crippen LogP contribution >= 0.6 is 0 Å². The van der Waals surface area contributed by atoms with Gasteiger partial charge < -0.3 is 16.0 Å². The minimum absolute atomic E-state index is 0.0651. The Kier molecular flexibility index (Phi) is 3.32. The number of rotatable bonds is 2. The van der Waals surface area contributed by atoms with E-state index in [-0.39, 0.29) is 23.1 Å². The molecule has 0 atom stereocenters. The van der Waals surface area contributed by atoms with Crippen LogP contribution in [0.25, 0.3) is 10.9 Å². The fourth-order valence-electron chi connectivity index (χ4n) is 2.51. The van der Waals surface area contributed by atoms with Gasteiger partial charge in [-0.3, -0.25) is 4.79 Å². The number of aromatic nitrogens is 2. The van der Waals surface area contributed by atoms with E-state index in [1.54, 1.807) is 12.1 Å². The summed E-state index contributed by atoms with van der Waals surface area (Å²) in [6, 6.07) is 3.38. The summed E-state index contributed by atoms with van der Waals surface area (Å²) in [7, 11) is -2.89. The average Bonchev–Trinajstić information content (AvgIpc) is 2.43. The summed E-state index contributed by atoms with van der Waals surface area (Å²) in [5.41, 5.74) is 7.42. The molecule has 2 aromatic rings. The van der Waals surface area contributed by atoms with Crippen molar-refractivity contribution in [1.82, 2.24) is 9.97 Å². The Balaban J connectivity index is 1.88. The molecule has 1 fully saturated rings. The van der Waals surface area contributed by atoms with Crippen LogP contribution in [0.3, 0.4) is 0 Å². The molecule has 0 unspecified atom stereocenters. The quantitative estimate of drug-likeness (QED) is 0.695. The van der Waals surface area contributed by atoms with Crippen LogP contribution in [-0.4, -0.2) is 35.9 Å². The highest BCUT2D eigenvalue weighted by Gasteiger charge is 2.23. The number of anilines is 2. The van der Waals surface area contributed by atoms with Crippen molar-refractivity contribution in [3.63, 3.8) is 0 Å². The van der Waals surface area contributed by atoms with Crippen molar-refractivity contribution in [3.8, 4) is 0 Å². The third-order valence-electron chi connectivity index (χ3n) is 3.73. The second kappa shape index (κ2) is 5.03. The monoisotopic (exact) mass is 308 g/mol. The van der Waals surface area contributed by atoms with Crippen LogP contribution in [0.1, 0.15) is 12.8 Å². The smallest absolute Gasteiger partial charge is 0.258 e. The lowest BCUT2D eigenvalue weighted by Gasteiger charge is -2.24. The summed E-state index contributed by atoms with van der Waals surface area (Å²) >= 11 is 0. The van der Waals surface area contributed by atoms with Crippen molar-refractivity contribution in [1.29, 1.82) is 0 Å². The summed E-state index contributed by atoms with van der Waals surface area (Å²) in [5, 5.41) is 3.69. The lowest BCUT2D eigenvalue weighted by molar-refractivity contribution is 0.559. The van der Waals surface area contributed by atoms with Crippen molar-refractivity contribution in [3.05, 3.63) is 28.8 Å². The second-order valence-corrected chi connectivity index (χ2v) is 7.56. The minimum atomic E-state index is -2.89. The van der Waals surface area contributed by atoms with Crippen molar-refractivity contribution >= 4 is 32.1 Å². The van der Waals surface area contributed by atoms with Gasteiger partial charge in [-0.1, -0.05) is 0 Å². The van der Waals surface area contributed by atoms with E-state index in [4.69, 9.17) is 5.73 Å². The van der Waals surface area contributed by atoms with Crippen LogP contribution in [0.5, 0.6) is 0 Å². The normalized spacial score (nSPS) is 18.7. The zero-order valence-corrected chi connectivity index (χ0v) is 12.1. The highest BCUT2D eigenvalue weighted by Crippen LogP contribution is 2.26. The van der Waals surface area contributed by atoms with E-state index in [2.05, 4.69) is 15.3 Å². The Morgan fingerprint density at radius 1 is 1.29 bits per heavy atom. The molecule has 1 aliphatic rings. The SMILES string of the molecule is Nc1cc2c(=O)[nH]cnc2cc1NC1CCS(=O)(=O)CC1. The van der Waals surface area contributed by atoms with Crippen LogP contribution < -0.4 is 16.6 Å². The number of fused-ring (bicyclic) bond motifs is 1. The van der Waals surface area contributed by atoms with Crippen molar-refractivity contribution in [2.75, 3.05) is 22.6 Å². The van der Waals surface area contributed by atoms with Gasteiger partial charge in [0.25, 0.3) is 5.56 Å². The van der Waals surface area contributed by atoms with Gasteiger partial charge in [-0.15, -0.1) is 0 Å². The maximum Gasteiger partial charge on any atom is 0.258 e. The number of benzene rings is 1. The summed E-state index contributed by atoms with van der Waals surface area (Å²) in [4.78, 5) is 18.3. The van der Waals surface area contributed by atoms with Gasteiger partial charge in [-0.25, -0.2) is 13.4 Å². The summed E-state index contributed by atoms with van der Waals surface area (Å²) < 4.78 is 22.9. The van der Waals surface area contributed by atoms with E-state index in [0.29, 0.717) is 35.1 Å². The minimum Gasteiger partial charge on any atom is -0.397 e. The van der Waals surface area contributed by atoms with Crippen molar-refractivity contribution in [2.24, 2.45) is 0 Å². The first-order valence-corrected chi connectivity index (χ1v) is 8.51. The molecule has 1 aliphatic heterocycles. The number of nitrogens with one attached hydrogen (secondary N) is 2. The Hall–Kier alpha value is -2.09. The van der Waals surface area contributed by atoms with E-state index in [0.717, 1.165) is 0 Å². The number of nitrogens with zero attached hydrogens (tertiary/aromatic N) is 1. The molecular weight excluding hydrogens is 292 g/mol. The van der Waals surface area contributed by atoms with Gasteiger partial charge in [0.05, 0.1) is 40.1 Å². The zero-order valence-electron chi connectivity index (χ0n) is 11.3. The number of nitrogens with two attached hydrogens (primary N) is 1. The van der Waals surface area contributed by atoms with Gasteiger partial charge in [0.15, 0.2) is 0 Å². The highest BCUT2D eigenvalue weighted by atomic mass is 32.2. The molecule has 0 spiro atoms. The molecule has 2 heterocycles. The molecule has 21 heavy (non-hydrogen) atoms. The topological polar surface area (TPSA) is 118 Å². The third-order valence-corrected chi connectivity index (χ3v) is 5.44. The fraction of sp³-hybridized carbons (Fsp3) is 0.385. The van der Waals surface area contributed by atoms with E-state index in [9.17, 15) is 13.2 Å². The van der Waals surface area contributed by atoms with E-state index < -0.39 is 9.84 Å². The molecule has 0 bridgehead atoms. The lowest BCUT2D eigenvalue weighted by atomic mass is 10.1. The van der Waals surface area contributed by atoms with E-state index in [1.165, 1.54) is 6.33 Å². The van der Waals surface area contributed by atoms with Crippen LogP contribution in [-0.2, 0) is 9.84 Å². The first-order valence-electron chi connectivity index (χ1n) is 6.68. The number of sulfone groups is 1.